The number of pyridine rings is 1. The summed E-state index contributed by atoms with van der Waals surface area (Å²) in [7, 11) is 0. The van der Waals surface area contributed by atoms with Gasteiger partial charge in [-0.05, 0) is 109 Å². The molecule has 1 amide bonds. The van der Waals surface area contributed by atoms with Crippen molar-refractivity contribution in [2.75, 3.05) is 6.54 Å². The van der Waals surface area contributed by atoms with E-state index < -0.39 is 5.60 Å². The van der Waals surface area contributed by atoms with E-state index in [0.29, 0.717) is 5.92 Å². The first kappa shape index (κ1) is 25.5. The molecule has 0 bridgehead atoms. The van der Waals surface area contributed by atoms with Crippen LogP contribution in [0, 0.1) is 5.92 Å². The van der Waals surface area contributed by atoms with Crippen LogP contribution in [0.5, 0.6) is 0 Å². The summed E-state index contributed by atoms with van der Waals surface area (Å²) < 4.78 is 10.4. The van der Waals surface area contributed by atoms with E-state index in [2.05, 4.69) is 66.3 Å². The molecule has 1 aromatic rings. The average Bonchev–Trinajstić information content (AvgIpc) is 2.88. The molecule has 0 saturated carbocycles. The van der Waals surface area contributed by atoms with Crippen molar-refractivity contribution in [3.8, 4) is 0 Å². The molecular formula is C23H38BrN3O2S. The van der Waals surface area contributed by atoms with Gasteiger partial charge in [0.2, 0.25) is 0 Å². The largest absolute Gasteiger partial charge is 0.444 e. The van der Waals surface area contributed by atoms with Crippen molar-refractivity contribution in [1.29, 1.82) is 0 Å². The summed E-state index contributed by atoms with van der Waals surface area (Å²) in [6.07, 6.45) is 4.64. The van der Waals surface area contributed by atoms with Crippen LogP contribution in [0.1, 0.15) is 86.4 Å². The molecule has 1 aromatic heterocycles. The van der Waals surface area contributed by atoms with Gasteiger partial charge in [-0.3, -0.25) is 9.71 Å². The second-order valence-corrected chi connectivity index (χ2v) is 13.4. The van der Waals surface area contributed by atoms with Crippen molar-refractivity contribution >= 4 is 34.0 Å². The van der Waals surface area contributed by atoms with Gasteiger partial charge in [0, 0.05) is 27.5 Å². The lowest BCUT2D eigenvalue weighted by atomic mass is 9.91. The predicted octanol–water partition coefficient (Wildman–Crippen LogP) is 6.74. The first-order chi connectivity index (χ1) is 13.7. The van der Waals surface area contributed by atoms with Crippen LogP contribution >= 0.6 is 27.9 Å². The molecule has 2 heterocycles. The maximum atomic E-state index is 12.7. The summed E-state index contributed by atoms with van der Waals surface area (Å²) in [5, 5.41) is 0. The molecule has 1 aliphatic rings. The van der Waals surface area contributed by atoms with Crippen molar-refractivity contribution in [3.63, 3.8) is 0 Å². The Morgan fingerprint density at radius 2 is 2.00 bits per heavy atom. The molecule has 2 unspecified atom stereocenters. The lowest BCUT2D eigenvalue weighted by Crippen LogP contribution is -2.45. The molecular weight excluding hydrogens is 462 g/mol. The predicted molar refractivity (Wildman–Crippen MR) is 130 cm³/mol. The molecule has 1 saturated heterocycles. The number of aromatic nitrogens is 1. The minimum absolute atomic E-state index is 0.122. The van der Waals surface area contributed by atoms with E-state index in [1.54, 1.807) is 11.9 Å². The summed E-state index contributed by atoms with van der Waals surface area (Å²) in [5.74, 6) is 0.451. The number of hydrogen-bond donors (Lipinski definition) is 1. The third-order valence-corrected chi connectivity index (χ3v) is 6.54. The number of rotatable bonds is 6. The van der Waals surface area contributed by atoms with Crippen LogP contribution in [0.15, 0.2) is 22.8 Å². The Hall–Kier alpha value is -0.790. The first-order valence-electron chi connectivity index (χ1n) is 10.7. The third-order valence-electron chi connectivity index (χ3n) is 5.05. The van der Waals surface area contributed by atoms with Crippen LogP contribution < -0.4 is 4.72 Å². The molecule has 1 aliphatic heterocycles. The quantitative estimate of drug-likeness (QED) is 0.439. The molecule has 2 rings (SSSR count). The summed E-state index contributed by atoms with van der Waals surface area (Å²) in [6, 6.07) is 4.29. The van der Waals surface area contributed by atoms with E-state index >= 15 is 0 Å². The lowest BCUT2D eigenvalue weighted by molar-refractivity contribution is 0.0131. The van der Waals surface area contributed by atoms with Crippen molar-refractivity contribution in [2.24, 2.45) is 5.92 Å². The fraction of sp³-hybridized carbons (Fsp3) is 0.739. The Labute approximate surface area is 195 Å². The Morgan fingerprint density at radius 3 is 2.53 bits per heavy atom. The summed E-state index contributed by atoms with van der Waals surface area (Å²) >= 11 is 5.22. The maximum absolute atomic E-state index is 12.7. The van der Waals surface area contributed by atoms with E-state index in [0.717, 1.165) is 36.0 Å². The van der Waals surface area contributed by atoms with Gasteiger partial charge in [0.15, 0.2) is 0 Å². The lowest BCUT2D eigenvalue weighted by Gasteiger charge is -2.33. The van der Waals surface area contributed by atoms with E-state index in [1.165, 1.54) is 0 Å². The molecule has 5 nitrogen and oxygen atoms in total. The molecule has 7 heteroatoms. The first-order valence-corrected chi connectivity index (χ1v) is 12.3. The highest BCUT2D eigenvalue weighted by Gasteiger charge is 2.42. The van der Waals surface area contributed by atoms with Gasteiger partial charge in [0.1, 0.15) is 5.60 Å². The fourth-order valence-electron chi connectivity index (χ4n) is 3.73. The van der Waals surface area contributed by atoms with Crippen LogP contribution in [0.4, 0.5) is 4.79 Å². The van der Waals surface area contributed by atoms with Crippen molar-refractivity contribution in [1.82, 2.24) is 14.6 Å². The number of nitrogens with one attached hydrogen (secondary N) is 1. The Balaban J connectivity index is 2.03. The van der Waals surface area contributed by atoms with Gasteiger partial charge in [-0.15, -0.1) is 0 Å². The Kier molecular flexibility index (Phi) is 8.30. The SMILES string of the molecule is CC(C)(C)OC(=O)N1CC(CCC(NSC(C)(C)C)c2ccc(Br)cn2)CC1(C)C. The third kappa shape index (κ3) is 8.04. The zero-order valence-electron chi connectivity index (χ0n) is 19.7. The van der Waals surface area contributed by atoms with E-state index in [9.17, 15) is 4.79 Å². The van der Waals surface area contributed by atoms with Crippen LogP contribution in [-0.2, 0) is 4.74 Å². The fourth-order valence-corrected chi connectivity index (χ4v) is 4.70. The van der Waals surface area contributed by atoms with Gasteiger partial charge >= 0.3 is 6.09 Å². The second-order valence-electron chi connectivity index (χ2n) is 10.8. The zero-order chi connectivity index (χ0) is 22.7. The van der Waals surface area contributed by atoms with Crippen molar-refractivity contribution < 1.29 is 9.53 Å². The highest BCUT2D eigenvalue weighted by molar-refractivity contribution is 9.10. The van der Waals surface area contributed by atoms with E-state index in [-0.39, 0.29) is 22.4 Å². The van der Waals surface area contributed by atoms with Crippen LogP contribution in [0.3, 0.4) is 0 Å². The van der Waals surface area contributed by atoms with E-state index in [4.69, 9.17) is 4.74 Å². The monoisotopic (exact) mass is 499 g/mol. The minimum Gasteiger partial charge on any atom is -0.444 e. The van der Waals surface area contributed by atoms with Gasteiger partial charge in [0.25, 0.3) is 0 Å². The topological polar surface area (TPSA) is 54.5 Å². The van der Waals surface area contributed by atoms with Gasteiger partial charge in [-0.2, -0.15) is 0 Å². The van der Waals surface area contributed by atoms with Gasteiger partial charge in [-0.25, -0.2) is 4.79 Å². The smallest absolute Gasteiger partial charge is 0.410 e. The van der Waals surface area contributed by atoms with Gasteiger partial charge in [-0.1, -0.05) is 11.9 Å². The maximum Gasteiger partial charge on any atom is 0.410 e. The highest BCUT2D eigenvalue weighted by atomic mass is 79.9. The summed E-state index contributed by atoms with van der Waals surface area (Å²) in [4.78, 5) is 19.2. The zero-order valence-corrected chi connectivity index (χ0v) is 22.1. The molecule has 1 N–H and O–H groups in total. The normalized spacial score (nSPS) is 20.3. The Morgan fingerprint density at radius 1 is 1.33 bits per heavy atom. The molecule has 0 aliphatic carbocycles. The molecule has 1 fully saturated rings. The Bertz CT molecular complexity index is 711. The number of carbonyl (C=O) groups is 1. The number of likely N-dealkylation sites (tertiary alicyclic amines) is 1. The van der Waals surface area contributed by atoms with Crippen molar-refractivity contribution in [3.05, 3.63) is 28.5 Å². The average molecular weight is 501 g/mol. The van der Waals surface area contributed by atoms with Crippen LogP contribution in [-0.4, -0.2) is 38.4 Å². The summed E-state index contributed by atoms with van der Waals surface area (Å²) in [5.41, 5.74) is 0.389. The number of carbonyl (C=O) groups excluding carboxylic acids is 1. The van der Waals surface area contributed by atoms with Crippen LogP contribution in [0.2, 0.25) is 0 Å². The standard InChI is InChI=1S/C23H38BrN3O2S/c1-21(2,3)29-20(28)27-15-16(13-23(27,7)8)9-11-19(26-30-22(4,5)6)18-12-10-17(24)14-25-18/h10,12,14,16,19,26H,9,11,13,15H2,1-8H3. The molecule has 0 radical (unpaired) electrons. The van der Waals surface area contributed by atoms with E-state index in [1.807, 2.05) is 37.9 Å². The minimum atomic E-state index is -0.475. The van der Waals surface area contributed by atoms with Gasteiger partial charge in [0.05, 0.1) is 11.7 Å². The number of halogens is 1. The highest BCUT2D eigenvalue weighted by Crippen LogP contribution is 2.38. The number of hydrogen-bond acceptors (Lipinski definition) is 5. The van der Waals surface area contributed by atoms with Crippen molar-refractivity contribution in [2.45, 2.75) is 96.6 Å². The number of ether oxygens (including phenoxy) is 1. The van der Waals surface area contributed by atoms with Crippen LogP contribution in [0.25, 0.3) is 0 Å². The number of nitrogens with zero attached hydrogens (tertiary/aromatic N) is 2. The molecule has 2 atom stereocenters. The number of amides is 1. The molecule has 170 valence electrons. The van der Waals surface area contributed by atoms with Gasteiger partial charge < -0.3 is 9.64 Å². The summed E-state index contributed by atoms with van der Waals surface area (Å²) in [6.45, 7) is 17.4. The molecule has 0 aromatic carbocycles. The molecule has 30 heavy (non-hydrogen) atoms. The molecule has 0 spiro atoms. The second kappa shape index (κ2) is 9.78.